The van der Waals surface area contributed by atoms with Gasteiger partial charge in [-0.2, -0.15) is 0 Å². The summed E-state index contributed by atoms with van der Waals surface area (Å²) in [5.41, 5.74) is 9.03. The van der Waals surface area contributed by atoms with Crippen LogP contribution in [-0.4, -0.2) is 17.6 Å². The number of hydrogen-bond acceptors (Lipinski definition) is 2. The number of anilines is 1. The lowest BCUT2D eigenvalue weighted by Crippen LogP contribution is -2.39. The van der Waals surface area contributed by atoms with Crippen molar-refractivity contribution >= 4 is 41.4 Å². The first-order valence-electron chi connectivity index (χ1n) is 5.98. The predicted octanol–water partition coefficient (Wildman–Crippen LogP) is 2.74. The Kier molecular flexibility index (Phi) is 8.11. The molecule has 0 radical (unpaired) electrons. The van der Waals surface area contributed by atoms with Crippen LogP contribution >= 0.6 is 24.6 Å². The van der Waals surface area contributed by atoms with E-state index in [0.29, 0.717) is 17.6 Å². The zero-order valence-electron chi connectivity index (χ0n) is 11.5. The first-order valence-corrected chi connectivity index (χ1v) is 6.39. The Hall–Kier alpha value is -1.33. The van der Waals surface area contributed by atoms with Crippen LogP contribution in [0.1, 0.15) is 24.5 Å². The van der Waals surface area contributed by atoms with Crippen molar-refractivity contribution in [2.45, 2.75) is 27.2 Å². The molecule has 1 aromatic carbocycles. The number of nitrogens with zero attached hydrogens (tertiary/aromatic N) is 1. The molecule has 0 saturated heterocycles. The van der Waals surface area contributed by atoms with E-state index in [9.17, 15) is 0 Å². The number of nitrogens with one attached hydrogen (secondary N) is 2. The molecule has 0 aliphatic carbocycles. The molecular weight excluding hydrogens is 280 g/mol. The molecule has 0 aliphatic heterocycles. The van der Waals surface area contributed by atoms with Gasteiger partial charge in [0, 0.05) is 12.2 Å². The molecule has 0 aliphatic rings. The molecule has 0 bridgehead atoms. The van der Waals surface area contributed by atoms with Crippen molar-refractivity contribution in [1.82, 2.24) is 5.32 Å². The number of guanidine groups is 1. The van der Waals surface area contributed by atoms with Gasteiger partial charge in [0.25, 0.3) is 0 Å². The quantitative estimate of drug-likeness (QED) is 0.456. The van der Waals surface area contributed by atoms with Crippen molar-refractivity contribution in [2.24, 2.45) is 10.7 Å². The monoisotopic (exact) mass is 300 g/mol. The van der Waals surface area contributed by atoms with Crippen LogP contribution in [0.3, 0.4) is 0 Å². The highest BCUT2D eigenvalue weighted by atomic mass is 35.5. The Morgan fingerprint density at radius 1 is 1.37 bits per heavy atom. The molecule has 1 rings (SSSR count). The molecule has 0 heterocycles. The van der Waals surface area contributed by atoms with Gasteiger partial charge in [-0.1, -0.05) is 24.6 Å². The molecule has 0 fully saturated rings. The number of aliphatic imine (C=N–C) groups is 1. The fourth-order valence-corrected chi connectivity index (χ4v) is 1.71. The van der Waals surface area contributed by atoms with Crippen LogP contribution in [0, 0.1) is 13.8 Å². The van der Waals surface area contributed by atoms with Crippen LogP contribution in [0.15, 0.2) is 23.2 Å². The van der Waals surface area contributed by atoms with E-state index < -0.39 is 0 Å². The third-order valence-corrected chi connectivity index (χ3v) is 2.58. The summed E-state index contributed by atoms with van der Waals surface area (Å²) < 4.78 is 0. The molecule has 4 N–H and O–H groups in total. The van der Waals surface area contributed by atoms with Gasteiger partial charge in [0.05, 0.1) is 0 Å². The summed E-state index contributed by atoms with van der Waals surface area (Å²) in [5, 5.41) is 6.42. The van der Waals surface area contributed by atoms with E-state index >= 15 is 0 Å². The van der Waals surface area contributed by atoms with E-state index in [0.717, 1.165) is 17.7 Å². The topological polar surface area (TPSA) is 62.4 Å². The molecule has 0 amide bonds. The van der Waals surface area contributed by atoms with Crippen molar-refractivity contribution in [3.63, 3.8) is 0 Å². The molecule has 0 unspecified atom stereocenters. The minimum atomic E-state index is 0. The lowest BCUT2D eigenvalue weighted by Gasteiger charge is -2.12. The SMILES string of the molecule is CCCN=C(N)NC(=S)Nc1ccc(C)cc1C.Cl. The van der Waals surface area contributed by atoms with Crippen LogP contribution in [0.4, 0.5) is 5.69 Å². The van der Waals surface area contributed by atoms with Gasteiger partial charge < -0.3 is 16.4 Å². The summed E-state index contributed by atoms with van der Waals surface area (Å²) >= 11 is 5.17. The molecule has 0 atom stereocenters. The summed E-state index contributed by atoms with van der Waals surface area (Å²) in [6, 6.07) is 6.13. The highest BCUT2D eigenvalue weighted by Gasteiger charge is 2.02. The molecule has 0 spiro atoms. The average Bonchev–Trinajstić information content (AvgIpc) is 2.30. The molecule has 0 saturated carbocycles. The maximum atomic E-state index is 5.69. The van der Waals surface area contributed by atoms with Gasteiger partial charge in [0.2, 0.25) is 0 Å². The largest absolute Gasteiger partial charge is 0.370 e. The lowest BCUT2D eigenvalue weighted by atomic mass is 10.1. The van der Waals surface area contributed by atoms with Gasteiger partial charge in [-0.3, -0.25) is 4.99 Å². The van der Waals surface area contributed by atoms with Crippen molar-refractivity contribution in [2.75, 3.05) is 11.9 Å². The Morgan fingerprint density at radius 3 is 2.63 bits per heavy atom. The number of benzene rings is 1. The average molecular weight is 301 g/mol. The summed E-state index contributed by atoms with van der Waals surface area (Å²) in [7, 11) is 0. The number of nitrogens with two attached hydrogens (primary N) is 1. The standard InChI is InChI=1S/C13H20N4S.ClH/c1-4-7-15-12(14)17-13(18)16-11-6-5-9(2)8-10(11)3;/h5-6,8H,4,7H2,1-3H3,(H4,14,15,16,17,18);1H. The summed E-state index contributed by atoms with van der Waals surface area (Å²) in [5.74, 6) is 0.346. The fraction of sp³-hybridized carbons (Fsp3) is 0.385. The number of hydrogen-bond donors (Lipinski definition) is 3. The van der Waals surface area contributed by atoms with E-state index in [2.05, 4.69) is 28.6 Å². The minimum absolute atomic E-state index is 0. The Morgan fingerprint density at radius 2 is 2.05 bits per heavy atom. The zero-order valence-corrected chi connectivity index (χ0v) is 13.1. The molecule has 0 aromatic heterocycles. The second-order valence-electron chi connectivity index (χ2n) is 4.16. The predicted molar refractivity (Wildman–Crippen MR) is 89.3 cm³/mol. The normalized spacial score (nSPS) is 10.6. The lowest BCUT2D eigenvalue weighted by molar-refractivity contribution is 0.923. The second kappa shape index (κ2) is 8.72. The van der Waals surface area contributed by atoms with Gasteiger partial charge in [-0.15, -0.1) is 12.4 Å². The highest BCUT2D eigenvalue weighted by Crippen LogP contribution is 2.15. The summed E-state index contributed by atoms with van der Waals surface area (Å²) in [6.45, 7) is 6.84. The maximum absolute atomic E-state index is 5.69. The number of halogens is 1. The van der Waals surface area contributed by atoms with Crippen LogP contribution in [-0.2, 0) is 0 Å². The highest BCUT2D eigenvalue weighted by molar-refractivity contribution is 7.80. The maximum Gasteiger partial charge on any atom is 0.194 e. The van der Waals surface area contributed by atoms with E-state index in [1.165, 1.54) is 5.56 Å². The van der Waals surface area contributed by atoms with Gasteiger partial charge in [-0.25, -0.2) is 0 Å². The summed E-state index contributed by atoms with van der Waals surface area (Å²) in [6.07, 6.45) is 0.958. The van der Waals surface area contributed by atoms with Gasteiger partial charge >= 0.3 is 0 Å². The third kappa shape index (κ3) is 6.40. The second-order valence-corrected chi connectivity index (χ2v) is 4.57. The number of aryl methyl sites for hydroxylation is 2. The Bertz CT molecular complexity index is 460. The molecule has 6 heteroatoms. The van der Waals surface area contributed by atoms with Crippen LogP contribution < -0.4 is 16.4 Å². The van der Waals surface area contributed by atoms with Gasteiger partial charge in [-0.05, 0) is 44.1 Å². The Balaban J connectivity index is 0.00000324. The number of thiocarbonyl (C=S) groups is 1. The van der Waals surface area contributed by atoms with Crippen LogP contribution in [0.25, 0.3) is 0 Å². The van der Waals surface area contributed by atoms with E-state index in [1.807, 2.05) is 26.0 Å². The molecule has 1 aromatic rings. The molecule has 19 heavy (non-hydrogen) atoms. The fourth-order valence-electron chi connectivity index (χ4n) is 1.50. The minimum Gasteiger partial charge on any atom is -0.370 e. The number of rotatable bonds is 3. The van der Waals surface area contributed by atoms with Crippen LogP contribution in [0.5, 0.6) is 0 Å². The summed E-state index contributed by atoms with van der Waals surface area (Å²) in [4.78, 5) is 4.12. The molecule has 4 nitrogen and oxygen atoms in total. The first kappa shape index (κ1) is 17.7. The van der Waals surface area contributed by atoms with E-state index in [4.69, 9.17) is 18.0 Å². The molecule has 106 valence electrons. The molecular formula is C13H21ClN4S. The zero-order chi connectivity index (χ0) is 13.5. The van der Waals surface area contributed by atoms with Crippen LogP contribution in [0.2, 0.25) is 0 Å². The van der Waals surface area contributed by atoms with E-state index in [-0.39, 0.29) is 12.4 Å². The van der Waals surface area contributed by atoms with Crippen molar-refractivity contribution in [1.29, 1.82) is 0 Å². The van der Waals surface area contributed by atoms with E-state index in [1.54, 1.807) is 0 Å². The third-order valence-electron chi connectivity index (χ3n) is 2.38. The van der Waals surface area contributed by atoms with Crippen molar-refractivity contribution in [3.8, 4) is 0 Å². The van der Waals surface area contributed by atoms with Crippen molar-refractivity contribution in [3.05, 3.63) is 29.3 Å². The van der Waals surface area contributed by atoms with Gasteiger partial charge in [0.15, 0.2) is 11.1 Å². The van der Waals surface area contributed by atoms with Crippen molar-refractivity contribution < 1.29 is 0 Å². The smallest absolute Gasteiger partial charge is 0.194 e. The van der Waals surface area contributed by atoms with Gasteiger partial charge in [0.1, 0.15) is 0 Å². The Labute approximate surface area is 126 Å². The first-order chi connectivity index (χ1) is 8.52.